The van der Waals surface area contributed by atoms with Crippen molar-refractivity contribution >= 4 is 5.91 Å². The molecular weight excluding hydrogens is 274 g/mol. The Labute approximate surface area is 126 Å². The maximum atomic E-state index is 11.8. The number of amides is 1. The SMILES string of the molecule is CCC(=O)NC1C(O)C(C)(COC)C(CO)OC1(C)CC. The Bertz CT molecular complexity index is 364. The van der Waals surface area contributed by atoms with Crippen molar-refractivity contribution in [2.75, 3.05) is 20.3 Å². The number of aliphatic hydroxyl groups excluding tert-OH is 2. The summed E-state index contributed by atoms with van der Waals surface area (Å²) in [6.45, 7) is 7.39. The first kappa shape index (κ1) is 18.4. The van der Waals surface area contributed by atoms with Gasteiger partial charge in [-0.3, -0.25) is 4.79 Å². The number of carbonyl (C=O) groups is 1. The van der Waals surface area contributed by atoms with Gasteiger partial charge in [0.15, 0.2) is 0 Å². The number of carbonyl (C=O) groups excluding carboxylic acids is 1. The highest BCUT2D eigenvalue weighted by molar-refractivity contribution is 5.76. The van der Waals surface area contributed by atoms with Crippen molar-refractivity contribution in [2.24, 2.45) is 5.41 Å². The van der Waals surface area contributed by atoms with Crippen LogP contribution in [0.2, 0.25) is 0 Å². The third-order valence-electron chi connectivity index (χ3n) is 4.76. The summed E-state index contributed by atoms with van der Waals surface area (Å²) in [4.78, 5) is 11.8. The smallest absolute Gasteiger partial charge is 0.220 e. The minimum Gasteiger partial charge on any atom is -0.394 e. The second-order valence-electron chi connectivity index (χ2n) is 6.24. The van der Waals surface area contributed by atoms with E-state index in [1.165, 1.54) is 0 Å². The molecule has 124 valence electrons. The summed E-state index contributed by atoms with van der Waals surface area (Å²) < 4.78 is 11.3. The van der Waals surface area contributed by atoms with Gasteiger partial charge in [0.2, 0.25) is 5.91 Å². The topological polar surface area (TPSA) is 88.0 Å². The monoisotopic (exact) mass is 303 g/mol. The normalized spacial score (nSPS) is 40.0. The lowest BCUT2D eigenvalue weighted by atomic mass is 9.69. The Kier molecular flexibility index (Phi) is 6.16. The Morgan fingerprint density at radius 1 is 1.38 bits per heavy atom. The molecule has 6 heteroatoms. The summed E-state index contributed by atoms with van der Waals surface area (Å²) >= 11 is 0. The number of hydrogen-bond donors (Lipinski definition) is 3. The first-order valence-electron chi connectivity index (χ1n) is 7.54. The Hall–Kier alpha value is -0.690. The molecule has 1 rings (SSSR count). The molecule has 1 aliphatic rings. The Balaban J connectivity index is 3.15. The molecule has 5 unspecified atom stereocenters. The van der Waals surface area contributed by atoms with Crippen LogP contribution in [0.5, 0.6) is 0 Å². The van der Waals surface area contributed by atoms with Crippen molar-refractivity contribution in [3.05, 3.63) is 0 Å². The first-order valence-corrected chi connectivity index (χ1v) is 7.54. The molecule has 5 atom stereocenters. The number of rotatable bonds is 6. The number of hydrogen-bond acceptors (Lipinski definition) is 5. The highest BCUT2D eigenvalue weighted by atomic mass is 16.5. The molecule has 6 nitrogen and oxygen atoms in total. The van der Waals surface area contributed by atoms with E-state index in [0.717, 1.165) is 0 Å². The van der Waals surface area contributed by atoms with Crippen molar-refractivity contribution in [2.45, 2.75) is 64.4 Å². The molecule has 1 fully saturated rings. The van der Waals surface area contributed by atoms with E-state index in [1.807, 2.05) is 20.8 Å². The van der Waals surface area contributed by atoms with E-state index >= 15 is 0 Å². The zero-order valence-electron chi connectivity index (χ0n) is 13.7. The van der Waals surface area contributed by atoms with Crippen LogP contribution in [0.15, 0.2) is 0 Å². The van der Waals surface area contributed by atoms with Crippen LogP contribution in [-0.4, -0.2) is 60.3 Å². The minimum atomic E-state index is -0.871. The van der Waals surface area contributed by atoms with Crippen molar-refractivity contribution in [1.29, 1.82) is 0 Å². The van der Waals surface area contributed by atoms with Gasteiger partial charge >= 0.3 is 0 Å². The predicted molar refractivity (Wildman–Crippen MR) is 78.9 cm³/mol. The van der Waals surface area contributed by atoms with Crippen LogP contribution < -0.4 is 5.32 Å². The van der Waals surface area contributed by atoms with Crippen LogP contribution in [0, 0.1) is 5.41 Å². The zero-order chi connectivity index (χ0) is 16.3. The lowest BCUT2D eigenvalue weighted by Gasteiger charge is -2.55. The maximum Gasteiger partial charge on any atom is 0.220 e. The molecule has 3 N–H and O–H groups in total. The summed E-state index contributed by atoms with van der Waals surface area (Å²) in [7, 11) is 1.54. The number of aliphatic hydroxyl groups is 2. The van der Waals surface area contributed by atoms with E-state index < -0.39 is 29.3 Å². The Morgan fingerprint density at radius 3 is 2.43 bits per heavy atom. The van der Waals surface area contributed by atoms with Crippen LogP contribution in [0.1, 0.15) is 40.5 Å². The Morgan fingerprint density at radius 2 is 2.00 bits per heavy atom. The molecule has 1 heterocycles. The molecule has 21 heavy (non-hydrogen) atoms. The predicted octanol–water partition coefficient (Wildman–Crippen LogP) is 0.455. The summed E-state index contributed by atoms with van der Waals surface area (Å²) in [6.07, 6.45) is -0.470. The van der Waals surface area contributed by atoms with Gasteiger partial charge < -0.3 is 25.0 Å². The fraction of sp³-hybridized carbons (Fsp3) is 0.933. The van der Waals surface area contributed by atoms with Gasteiger partial charge in [-0.25, -0.2) is 0 Å². The first-order chi connectivity index (χ1) is 9.78. The van der Waals surface area contributed by atoms with Crippen molar-refractivity contribution in [3.63, 3.8) is 0 Å². The number of nitrogens with one attached hydrogen (secondary N) is 1. The van der Waals surface area contributed by atoms with Crippen LogP contribution in [0.3, 0.4) is 0 Å². The third-order valence-corrected chi connectivity index (χ3v) is 4.76. The molecule has 1 amide bonds. The van der Waals surface area contributed by atoms with Gasteiger partial charge in [0.1, 0.15) is 0 Å². The molecule has 0 aromatic carbocycles. The summed E-state index contributed by atoms with van der Waals surface area (Å²) in [5, 5.41) is 23.3. The van der Waals surface area contributed by atoms with E-state index in [2.05, 4.69) is 5.32 Å². The average molecular weight is 303 g/mol. The average Bonchev–Trinajstić information content (AvgIpc) is 2.47. The molecule has 0 radical (unpaired) electrons. The standard InChI is InChI=1S/C15H29NO5/c1-6-11(18)16-12-13(19)14(3,9-20-5)10(8-17)21-15(12,4)7-2/h10,12-13,17,19H,6-9H2,1-5H3,(H,16,18). The van der Waals surface area contributed by atoms with Gasteiger partial charge in [0.25, 0.3) is 0 Å². The lowest BCUT2D eigenvalue weighted by Crippen LogP contribution is -2.71. The summed E-state index contributed by atoms with van der Waals surface area (Å²) in [5.74, 6) is -0.135. The zero-order valence-corrected chi connectivity index (χ0v) is 13.7. The van der Waals surface area contributed by atoms with Crippen molar-refractivity contribution < 1.29 is 24.5 Å². The summed E-state index contributed by atoms with van der Waals surface area (Å²) in [5.41, 5.74) is -1.52. The second kappa shape index (κ2) is 7.05. The van der Waals surface area contributed by atoms with Gasteiger partial charge in [-0.15, -0.1) is 0 Å². The molecule has 0 aromatic heterocycles. The quantitative estimate of drug-likeness (QED) is 0.663. The molecule has 0 bridgehead atoms. The van der Waals surface area contributed by atoms with E-state index in [9.17, 15) is 15.0 Å². The largest absolute Gasteiger partial charge is 0.394 e. The molecule has 1 saturated heterocycles. The van der Waals surface area contributed by atoms with Gasteiger partial charge in [-0.2, -0.15) is 0 Å². The highest BCUT2D eigenvalue weighted by Gasteiger charge is 2.57. The molecule has 0 aliphatic carbocycles. The molecular formula is C15H29NO5. The lowest BCUT2D eigenvalue weighted by molar-refractivity contribution is -0.256. The van der Waals surface area contributed by atoms with Gasteiger partial charge in [-0.05, 0) is 13.3 Å². The number of ether oxygens (including phenoxy) is 2. The van der Waals surface area contributed by atoms with Crippen LogP contribution in [-0.2, 0) is 14.3 Å². The van der Waals surface area contributed by atoms with Crippen LogP contribution >= 0.6 is 0 Å². The van der Waals surface area contributed by atoms with Crippen molar-refractivity contribution in [1.82, 2.24) is 5.32 Å². The molecule has 0 spiro atoms. The van der Waals surface area contributed by atoms with E-state index in [1.54, 1.807) is 14.0 Å². The second-order valence-corrected chi connectivity index (χ2v) is 6.24. The van der Waals surface area contributed by atoms with Crippen molar-refractivity contribution in [3.8, 4) is 0 Å². The molecule has 1 aliphatic heterocycles. The fourth-order valence-electron chi connectivity index (χ4n) is 2.98. The summed E-state index contributed by atoms with van der Waals surface area (Å²) in [6, 6.07) is -0.544. The van der Waals surface area contributed by atoms with Gasteiger partial charge in [0, 0.05) is 18.9 Å². The highest BCUT2D eigenvalue weighted by Crippen LogP contribution is 2.43. The van der Waals surface area contributed by atoms with Crippen LogP contribution in [0.25, 0.3) is 0 Å². The van der Waals surface area contributed by atoms with E-state index in [4.69, 9.17) is 9.47 Å². The van der Waals surface area contributed by atoms with Gasteiger partial charge in [-0.1, -0.05) is 20.8 Å². The minimum absolute atomic E-state index is 0.135. The fourth-order valence-corrected chi connectivity index (χ4v) is 2.98. The number of methoxy groups -OCH3 is 1. The third kappa shape index (κ3) is 3.39. The molecule has 0 saturated carbocycles. The van der Waals surface area contributed by atoms with Crippen LogP contribution in [0.4, 0.5) is 0 Å². The van der Waals surface area contributed by atoms with E-state index in [0.29, 0.717) is 12.8 Å². The van der Waals surface area contributed by atoms with E-state index in [-0.39, 0.29) is 19.1 Å². The maximum absolute atomic E-state index is 11.8. The molecule has 0 aromatic rings. The van der Waals surface area contributed by atoms with Gasteiger partial charge in [0.05, 0.1) is 37.1 Å².